The number of amides is 3. The minimum absolute atomic E-state index is 0.121. The van der Waals surface area contributed by atoms with Crippen molar-refractivity contribution in [2.45, 2.75) is 24.4 Å². The summed E-state index contributed by atoms with van der Waals surface area (Å²) in [4.78, 5) is 39.5. The van der Waals surface area contributed by atoms with Crippen molar-refractivity contribution in [1.29, 1.82) is 0 Å². The minimum Gasteiger partial charge on any atom is -0.478 e. The van der Waals surface area contributed by atoms with E-state index in [0.29, 0.717) is 10.8 Å². The molecule has 0 radical (unpaired) electrons. The molecule has 0 unspecified atom stereocenters. The predicted octanol–water partition coefficient (Wildman–Crippen LogP) is 1.20. The first kappa shape index (κ1) is 15.3. The van der Waals surface area contributed by atoms with Gasteiger partial charge in [0.1, 0.15) is 5.54 Å². The molecule has 1 aromatic heterocycles. The Hall–Kier alpha value is -2.09. The Morgan fingerprint density at radius 3 is 2.62 bits per heavy atom. The number of nitrogens with one attached hydrogen (secondary N) is 1. The summed E-state index contributed by atoms with van der Waals surface area (Å²) in [5.74, 6) is -0.780. The molecule has 0 aromatic carbocycles. The first-order valence-corrected chi connectivity index (χ1v) is 7.26. The maximum Gasteiger partial charge on any atom is 0.337 e. The summed E-state index contributed by atoms with van der Waals surface area (Å²) in [6.45, 7) is 3.60. The number of pyridine rings is 1. The highest BCUT2D eigenvalue weighted by Gasteiger charge is 2.43. The molecule has 8 heteroatoms. The van der Waals surface area contributed by atoms with E-state index >= 15 is 0 Å². The third-order valence-corrected chi connectivity index (χ3v) is 3.92. The lowest BCUT2D eigenvalue weighted by Gasteiger charge is -2.15. The standard InChI is InChI=1S/C13H15N3O4S/c1-13(2)11(19)16(12(20)15-13)5-6-21-9-4-3-8(7-14-9)10(17)18/h3-4,7H,5-6H2,1-2H3,(H,15,20)(H,17,18). The highest BCUT2D eigenvalue weighted by atomic mass is 32.2. The summed E-state index contributed by atoms with van der Waals surface area (Å²) < 4.78 is 0. The summed E-state index contributed by atoms with van der Waals surface area (Å²) in [6, 6.07) is 2.68. The molecule has 7 nitrogen and oxygen atoms in total. The smallest absolute Gasteiger partial charge is 0.337 e. The monoisotopic (exact) mass is 309 g/mol. The Balaban J connectivity index is 1.88. The van der Waals surface area contributed by atoms with Crippen LogP contribution in [0.5, 0.6) is 0 Å². The van der Waals surface area contributed by atoms with Gasteiger partial charge in [0.2, 0.25) is 0 Å². The lowest BCUT2D eigenvalue weighted by atomic mass is 10.1. The average molecular weight is 309 g/mol. The van der Waals surface area contributed by atoms with Gasteiger partial charge in [-0.05, 0) is 26.0 Å². The fraction of sp³-hybridized carbons (Fsp3) is 0.385. The number of urea groups is 1. The van der Waals surface area contributed by atoms with Gasteiger partial charge >= 0.3 is 12.0 Å². The van der Waals surface area contributed by atoms with Crippen molar-refractivity contribution in [3.63, 3.8) is 0 Å². The van der Waals surface area contributed by atoms with Crippen molar-refractivity contribution in [2.24, 2.45) is 0 Å². The molecule has 0 bridgehead atoms. The Morgan fingerprint density at radius 2 is 2.14 bits per heavy atom. The molecule has 2 N–H and O–H groups in total. The zero-order valence-corrected chi connectivity index (χ0v) is 12.4. The van der Waals surface area contributed by atoms with Crippen LogP contribution in [0.25, 0.3) is 0 Å². The molecule has 1 fully saturated rings. The topological polar surface area (TPSA) is 99.6 Å². The molecule has 0 saturated carbocycles. The molecule has 2 rings (SSSR count). The molecular weight excluding hydrogens is 294 g/mol. The van der Waals surface area contributed by atoms with Crippen LogP contribution in [0.2, 0.25) is 0 Å². The van der Waals surface area contributed by atoms with Gasteiger partial charge < -0.3 is 10.4 Å². The number of imide groups is 1. The van der Waals surface area contributed by atoms with Crippen LogP contribution in [0.4, 0.5) is 4.79 Å². The summed E-state index contributed by atoms with van der Waals surface area (Å²) in [5, 5.41) is 12.0. The number of hydrogen-bond donors (Lipinski definition) is 2. The van der Waals surface area contributed by atoms with Gasteiger partial charge in [-0.2, -0.15) is 0 Å². The molecule has 0 aliphatic carbocycles. The number of carbonyl (C=O) groups is 3. The molecule has 3 amide bonds. The van der Waals surface area contributed by atoms with Crippen molar-refractivity contribution in [3.8, 4) is 0 Å². The number of carbonyl (C=O) groups excluding carboxylic acids is 2. The van der Waals surface area contributed by atoms with Crippen LogP contribution in [-0.4, -0.2) is 50.7 Å². The van der Waals surface area contributed by atoms with Crippen LogP contribution in [0.1, 0.15) is 24.2 Å². The van der Waals surface area contributed by atoms with E-state index in [9.17, 15) is 14.4 Å². The summed E-state index contributed by atoms with van der Waals surface area (Å²) in [6.07, 6.45) is 1.28. The van der Waals surface area contributed by atoms with E-state index in [1.54, 1.807) is 19.9 Å². The van der Waals surface area contributed by atoms with Gasteiger partial charge in [-0.25, -0.2) is 14.6 Å². The zero-order valence-electron chi connectivity index (χ0n) is 11.6. The molecule has 1 aromatic rings. The first-order chi connectivity index (χ1) is 9.81. The third-order valence-electron chi connectivity index (χ3n) is 2.99. The Kier molecular flexibility index (Phi) is 4.17. The number of aromatic nitrogens is 1. The van der Waals surface area contributed by atoms with Crippen molar-refractivity contribution in [1.82, 2.24) is 15.2 Å². The van der Waals surface area contributed by atoms with E-state index in [1.807, 2.05) is 0 Å². The lowest BCUT2D eigenvalue weighted by molar-refractivity contribution is -0.130. The van der Waals surface area contributed by atoms with Gasteiger partial charge in [-0.1, -0.05) is 0 Å². The highest BCUT2D eigenvalue weighted by molar-refractivity contribution is 7.99. The van der Waals surface area contributed by atoms with Gasteiger partial charge in [0.05, 0.1) is 10.6 Å². The molecule has 0 atom stereocenters. The van der Waals surface area contributed by atoms with Gasteiger partial charge in [0.15, 0.2) is 0 Å². The quantitative estimate of drug-likeness (QED) is 0.626. The Labute approximate surface area is 125 Å². The van der Waals surface area contributed by atoms with Gasteiger partial charge in [0.25, 0.3) is 5.91 Å². The number of thioether (sulfide) groups is 1. The van der Waals surface area contributed by atoms with Gasteiger partial charge in [-0.3, -0.25) is 9.69 Å². The predicted molar refractivity (Wildman–Crippen MR) is 76.2 cm³/mol. The molecule has 1 saturated heterocycles. The molecule has 112 valence electrons. The third kappa shape index (κ3) is 3.33. The summed E-state index contributed by atoms with van der Waals surface area (Å²) in [5.41, 5.74) is -0.737. The van der Waals surface area contributed by atoms with Crippen molar-refractivity contribution in [3.05, 3.63) is 23.9 Å². The minimum atomic E-state index is -1.03. The first-order valence-electron chi connectivity index (χ1n) is 6.27. The van der Waals surface area contributed by atoms with Crippen molar-refractivity contribution in [2.75, 3.05) is 12.3 Å². The van der Waals surface area contributed by atoms with Gasteiger partial charge in [-0.15, -0.1) is 11.8 Å². The normalized spacial score (nSPS) is 17.0. The van der Waals surface area contributed by atoms with Crippen LogP contribution >= 0.6 is 11.8 Å². The van der Waals surface area contributed by atoms with Crippen LogP contribution < -0.4 is 5.32 Å². The number of hydrogen-bond acceptors (Lipinski definition) is 5. The lowest BCUT2D eigenvalue weighted by Crippen LogP contribution is -2.40. The van der Waals surface area contributed by atoms with Gasteiger partial charge in [0, 0.05) is 18.5 Å². The zero-order chi connectivity index (χ0) is 15.6. The van der Waals surface area contributed by atoms with Crippen LogP contribution in [0, 0.1) is 0 Å². The van der Waals surface area contributed by atoms with E-state index in [1.165, 1.54) is 28.9 Å². The number of carboxylic acids is 1. The molecule has 0 spiro atoms. The van der Waals surface area contributed by atoms with E-state index in [2.05, 4.69) is 10.3 Å². The number of carboxylic acid groups (broad SMARTS) is 1. The Bertz CT molecular complexity index is 586. The van der Waals surface area contributed by atoms with Crippen LogP contribution in [-0.2, 0) is 4.79 Å². The maximum absolute atomic E-state index is 12.0. The number of nitrogens with zero attached hydrogens (tertiary/aromatic N) is 2. The molecule has 21 heavy (non-hydrogen) atoms. The van der Waals surface area contributed by atoms with E-state index in [-0.39, 0.29) is 24.0 Å². The second kappa shape index (κ2) is 5.72. The molecule has 1 aliphatic rings. The SMILES string of the molecule is CC1(C)NC(=O)N(CCSc2ccc(C(=O)O)cn2)C1=O. The molecular formula is C13H15N3O4S. The highest BCUT2D eigenvalue weighted by Crippen LogP contribution is 2.19. The molecule has 2 heterocycles. The fourth-order valence-corrected chi connectivity index (χ4v) is 2.63. The number of rotatable bonds is 5. The maximum atomic E-state index is 12.0. The van der Waals surface area contributed by atoms with Crippen molar-refractivity contribution < 1.29 is 19.5 Å². The summed E-state index contributed by atoms with van der Waals surface area (Å²) in [7, 11) is 0. The average Bonchev–Trinajstić information content (AvgIpc) is 2.61. The van der Waals surface area contributed by atoms with Crippen molar-refractivity contribution >= 4 is 29.7 Å². The van der Waals surface area contributed by atoms with E-state index < -0.39 is 11.5 Å². The second-order valence-corrected chi connectivity index (χ2v) is 6.17. The fourth-order valence-electron chi connectivity index (χ4n) is 1.85. The van der Waals surface area contributed by atoms with Crippen LogP contribution in [0.15, 0.2) is 23.4 Å². The Morgan fingerprint density at radius 1 is 1.43 bits per heavy atom. The van der Waals surface area contributed by atoms with E-state index in [4.69, 9.17) is 5.11 Å². The molecule has 1 aliphatic heterocycles. The van der Waals surface area contributed by atoms with Crippen LogP contribution in [0.3, 0.4) is 0 Å². The number of aromatic carboxylic acids is 1. The second-order valence-electron chi connectivity index (χ2n) is 5.05. The summed E-state index contributed by atoms with van der Waals surface area (Å²) >= 11 is 1.35. The van der Waals surface area contributed by atoms with E-state index in [0.717, 1.165) is 0 Å². The largest absolute Gasteiger partial charge is 0.478 e.